The zero-order valence-corrected chi connectivity index (χ0v) is 7.78. The van der Waals surface area contributed by atoms with Crippen LogP contribution in [-0.2, 0) is 4.74 Å². The summed E-state index contributed by atoms with van der Waals surface area (Å²) in [7, 11) is 0. The molecule has 1 aromatic carbocycles. The molecule has 14 heavy (non-hydrogen) atoms. The fourth-order valence-electron chi connectivity index (χ4n) is 1.63. The molecule has 3 nitrogen and oxygen atoms in total. The topological polar surface area (TPSA) is 50.1 Å². The van der Waals surface area contributed by atoms with Crippen molar-refractivity contribution in [2.75, 3.05) is 0 Å². The van der Waals surface area contributed by atoms with Gasteiger partial charge in [-0.1, -0.05) is 17.7 Å². The molecule has 1 aliphatic heterocycles. The minimum absolute atomic E-state index is 0.224. The van der Waals surface area contributed by atoms with Crippen LogP contribution < -0.4 is 0 Å². The summed E-state index contributed by atoms with van der Waals surface area (Å²) >= 11 is 0. The van der Waals surface area contributed by atoms with Gasteiger partial charge in [0.1, 0.15) is 6.10 Å². The average Bonchev–Trinajstić information content (AvgIpc) is 2.44. The lowest BCUT2D eigenvalue weighted by Crippen LogP contribution is -1.97. The van der Waals surface area contributed by atoms with Gasteiger partial charge in [0, 0.05) is 5.56 Å². The van der Waals surface area contributed by atoms with Gasteiger partial charge in [0.05, 0.1) is 18.1 Å². The van der Waals surface area contributed by atoms with Gasteiger partial charge in [0.25, 0.3) is 0 Å². The van der Waals surface area contributed by atoms with Crippen molar-refractivity contribution in [1.82, 2.24) is 0 Å². The van der Waals surface area contributed by atoms with Crippen molar-refractivity contribution in [3.05, 3.63) is 34.9 Å². The molecule has 2 rings (SSSR count). The third kappa shape index (κ3) is 1.25. The lowest BCUT2D eigenvalue weighted by Gasteiger charge is -2.05. The lowest BCUT2D eigenvalue weighted by atomic mass is 10.0. The molecule has 0 radical (unpaired) electrons. The second kappa shape index (κ2) is 3.15. The first-order valence-electron chi connectivity index (χ1n) is 4.41. The maximum atomic E-state index is 11.3. The summed E-state index contributed by atoms with van der Waals surface area (Å²) in [5.41, 5.74) is 2.51. The second-order valence-electron chi connectivity index (χ2n) is 3.35. The third-order valence-corrected chi connectivity index (χ3v) is 2.30. The zero-order chi connectivity index (χ0) is 10.1. The highest BCUT2D eigenvalue weighted by Crippen LogP contribution is 2.33. The maximum Gasteiger partial charge on any atom is 0.339 e. The largest absolute Gasteiger partial charge is 0.453 e. The van der Waals surface area contributed by atoms with Crippen LogP contribution in [0.1, 0.15) is 34.0 Å². The molecule has 0 saturated carbocycles. The van der Waals surface area contributed by atoms with E-state index in [1.165, 1.54) is 0 Å². The van der Waals surface area contributed by atoms with Crippen molar-refractivity contribution in [2.45, 2.75) is 19.4 Å². The summed E-state index contributed by atoms with van der Waals surface area (Å²) in [6, 6.07) is 7.54. The van der Waals surface area contributed by atoms with Gasteiger partial charge in [-0.25, -0.2) is 4.79 Å². The average molecular weight is 187 g/mol. The van der Waals surface area contributed by atoms with Crippen LogP contribution in [0.5, 0.6) is 0 Å². The van der Waals surface area contributed by atoms with E-state index in [2.05, 4.69) is 0 Å². The van der Waals surface area contributed by atoms with Crippen LogP contribution >= 0.6 is 0 Å². The van der Waals surface area contributed by atoms with E-state index in [1.807, 2.05) is 25.1 Å². The number of rotatable bonds is 1. The number of nitrogens with zero attached hydrogens (tertiary/aromatic N) is 1. The van der Waals surface area contributed by atoms with E-state index < -0.39 is 0 Å². The van der Waals surface area contributed by atoms with Crippen LogP contribution in [0.25, 0.3) is 0 Å². The van der Waals surface area contributed by atoms with Gasteiger partial charge in [-0.3, -0.25) is 0 Å². The van der Waals surface area contributed by atoms with Crippen LogP contribution in [0.4, 0.5) is 0 Å². The summed E-state index contributed by atoms with van der Waals surface area (Å²) in [6.45, 7) is 1.95. The number of carbonyl (C=O) groups is 1. The molecule has 0 fully saturated rings. The monoisotopic (exact) mass is 187 g/mol. The molecule has 1 heterocycles. The van der Waals surface area contributed by atoms with Gasteiger partial charge in [0.2, 0.25) is 0 Å². The predicted molar refractivity (Wildman–Crippen MR) is 49.6 cm³/mol. The molecule has 70 valence electrons. The Morgan fingerprint density at radius 3 is 3.07 bits per heavy atom. The van der Waals surface area contributed by atoms with Crippen LogP contribution in [0.3, 0.4) is 0 Å². The fraction of sp³-hybridized carbons (Fsp3) is 0.273. The summed E-state index contributed by atoms with van der Waals surface area (Å²) in [4.78, 5) is 11.3. The van der Waals surface area contributed by atoms with E-state index in [0.29, 0.717) is 5.56 Å². The van der Waals surface area contributed by atoms with Crippen molar-refractivity contribution in [3.63, 3.8) is 0 Å². The van der Waals surface area contributed by atoms with Crippen molar-refractivity contribution in [3.8, 4) is 6.07 Å². The van der Waals surface area contributed by atoms with Gasteiger partial charge in [-0.15, -0.1) is 0 Å². The first-order valence-corrected chi connectivity index (χ1v) is 4.41. The Kier molecular flexibility index (Phi) is 1.97. The normalized spacial score (nSPS) is 18.6. The summed E-state index contributed by atoms with van der Waals surface area (Å²) < 4.78 is 5.07. The third-order valence-electron chi connectivity index (χ3n) is 2.30. The van der Waals surface area contributed by atoms with Crippen LogP contribution in [0, 0.1) is 18.3 Å². The van der Waals surface area contributed by atoms with Gasteiger partial charge >= 0.3 is 5.97 Å². The SMILES string of the molecule is Cc1ccc2c(c1)C(CC#N)OC2=O. The molecule has 0 saturated heterocycles. The van der Waals surface area contributed by atoms with Crippen LogP contribution in [0.2, 0.25) is 0 Å². The van der Waals surface area contributed by atoms with E-state index in [1.54, 1.807) is 6.07 Å². The fourth-order valence-corrected chi connectivity index (χ4v) is 1.63. The molecule has 1 unspecified atom stereocenters. The number of benzene rings is 1. The van der Waals surface area contributed by atoms with E-state index in [0.717, 1.165) is 11.1 Å². The Labute approximate surface area is 81.9 Å². The predicted octanol–water partition coefficient (Wildman–Crippen LogP) is 2.12. The van der Waals surface area contributed by atoms with Gasteiger partial charge in [0.15, 0.2) is 0 Å². The molecule has 0 amide bonds. The summed E-state index contributed by atoms with van der Waals surface area (Å²) in [5, 5.41) is 8.57. The van der Waals surface area contributed by atoms with Gasteiger partial charge < -0.3 is 4.74 Å². The number of carbonyl (C=O) groups excluding carboxylic acids is 1. The number of hydrogen-bond donors (Lipinski definition) is 0. The standard InChI is InChI=1S/C11H9NO2/c1-7-2-3-8-9(6-7)10(4-5-12)14-11(8)13/h2-3,6,10H,4H2,1H3. The Morgan fingerprint density at radius 2 is 2.36 bits per heavy atom. The first kappa shape index (κ1) is 8.76. The minimum atomic E-state index is -0.373. The Balaban J connectivity index is 2.46. The summed E-state index contributed by atoms with van der Waals surface area (Å²) in [6.07, 6.45) is -0.148. The Morgan fingerprint density at radius 1 is 1.57 bits per heavy atom. The maximum absolute atomic E-state index is 11.3. The molecule has 1 aromatic rings. The number of fused-ring (bicyclic) bond motifs is 1. The van der Waals surface area contributed by atoms with Crippen molar-refractivity contribution >= 4 is 5.97 Å². The smallest absolute Gasteiger partial charge is 0.339 e. The molecule has 0 spiro atoms. The highest BCUT2D eigenvalue weighted by atomic mass is 16.5. The van der Waals surface area contributed by atoms with Gasteiger partial charge in [-0.05, 0) is 13.0 Å². The van der Waals surface area contributed by atoms with E-state index in [-0.39, 0.29) is 18.5 Å². The molecule has 0 aromatic heterocycles. The minimum Gasteiger partial charge on any atom is -0.453 e. The number of hydrogen-bond acceptors (Lipinski definition) is 3. The molecule has 0 N–H and O–H groups in total. The number of esters is 1. The van der Waals surface area contributed by atoms with E-state index in [4.69, 9.17) is 10.00 Å². The molecular formula is C11H9NO2. The van der Waals surface area contributed by atoms with Crippen molar-refractivity contribution < 1.29 is 9.53 Å². The van der Waals surface area contributed by atoms with Crippen molar-refractivity contribution in [2.24, 2.45) is 0 Å². The number of aryl methyl sites for hydroxylation is 1. The van der Waals surface area contributed by atoms with E-state index in [9.17, 15) is 4.79 Å². The molecule has 0 aliphatic carbocycles. The molecule has 3 heteroatoms. The highest BCUT2D eigenvalue weighted by Gasteiger charge is 2.30. The highest BCUT2D eigenvalue weighted by molar-refractivity contribution is 5.94. The Bertz CT molecular complexity index is 431. The Hall–Kier alpha value is -1.82. The number of nitriles is 1. The number of ether oxygens (including phenoxy) is 1. The second-order valence-corrected chi connectivity index (χ2v) is 3.35. The van der Waals surface area contributed by atoms with Crippen molar-refractivity contribution in [1.29, 1.82) is 5.26 Å². The molecule has 0 bridgehead atoms. The van der Waals surface area contributed by atoms with E-state index >= 15 is 0 Å². The molecule has 1 aliphatic rings. The molecule has 1 atom stereocenters. The quantitative estimate of drug-likeness (QED) is 0.633. The van der Waals surface area contributed by atoms with Gasteiger partial charge in [-0.2, -0.15) is 5.26 Å². The lowest BCUT2D eigenvalue weighted by molar-refractivity contribution is 0.0395. The van der Waals surface area contributed by atoms with Crippen LogP contribution in [-0.4, -0.2) is 5.97 Å². The zero-order valence-electron chi connectivity index (χ0n) is 7.78. The summed E-state index contributed by atoms with van der Waals surface area (Å²) in [5.74, 6) is -0.319. The number of cyclic esters (lactones) is 1. The molecular weight excluding hydrogens is 178 g/mol. The van der Waals surface area contributed by atoms with Crippen LogP contribution in [0.15, 0.2) is 18.2 Å². The first-order chi connectivity index (χ1) is 6.72.